The van der Waals surface area contributed by atoms with Gasteiger partial charge in [0, 0.05) is 19.1 Å². The summed E-state index contributed by atoms with van der Waals surface area (Å²) in [6, 6.07) is 0.639. The molecule has 2 nitrogen and oxygen atoms in total. The predicted octanol–water partition coefficient (Wildman–Crippen LogP) is 3.24. The molecule has 0 aliphatic carbocycles. The summed E-state index contributed by atoms with van der Waals surface area (Å²) in [6.07, 6.45) is 2.55. The van der Waals surface area contributed by atoms with Crippen LogP contribution in [0, 0.1) is 0 Å². The Hall–Kier alpha value is 0.200. The highest BCUT2D eigenvalue weighted by molar-refractivity contribution is 7.15. The molecule has 1 aromatic heterocycles. The molecule has 1 atom stereocenters. The third kappa shape index (κ3) is 2.71. The highest BCUT2D eigenvalue weighted by Gasteiger charge is 2.24. The maximum absolute atomic E-state index is 6.15. The van der Waals surface area contributed by atoms with Crippen molar-refractivity contribution in [2.24, 2.45) is 0 Å². The molecule has 1 aromatic rings. The first-order valence-electron chi connectivity index (χ1n) is 5.52. The minimum Gasteiger partial charge on any atom is -0.318 e. The number of nitrogens with one attached hydrogen (secondary N) is 1. The number of hydrogen-bond acceptors (Lipinski definition) is 3. The number of nitrogens with zero attached hydrogens (tertiary/aromatic N) is 1. The lowest BCUT2D eigenvalue weighted by atomic mass is 10.2. The minimum absolute atomic E-state index is 0.639. The maximum atomic E-state index is 6.15. The summed E-state index contributed by atoms with van der Waals surface area (Å²) in [5, 5.41) is 6.05. The SMILES string of the molecule is CNCC1CCCN1Cc1csc(Cl)c1Cl. The Morgan fingerprint density at radius 3 is 3.00 bits per heavy atom. The van der Waals surface area contributed by atoms with E-state index in [4.69, 9.17) is 23.2 Å². The van der Waals surface area contributed by atoms with Gasteiger partial charge in [0.2, 0.25) is 0 Å². The van der Waals surface area contributed by atoms with E-state index < -0.39 is 0 Å². The second kappa shape index (κ2) is 5.69. The number of halogens is 2. The van der Waals surface area contributed by atoms with Gasteiger partial charge < -0.3 is 5.32 Å². The minimum atomic E-state index is 0.639. The molecule has 1 aliphatic rings. The van der Waals surface area contributed by atoms with Gasteiger partial charge in [-0.15, -0.1) is 11.3 Å². The van der Waals surface area contributed by atoms with Crippen LogP contribution in [-0.2, 0) is 6.54 Å². The van der Waals surface area contributed by atoms with E-state index in [0.717, 1.165) is 24.7 Å². The Kier molecular flexibility index (Phi) is 4.50. The topological polar surface area (TPSA) is 15.3 Å². The third-order valence-electron chi connectivity index (χ3n) is 3.07. The van der Waals surface area contributed by atoms with Crippen molar-refractivity contribution in [1.29, 1.82) is 0 Å². The third-order valence-corrected chi connectivity index (χ3v) is 4.98. The first-order valence-corrected chi connectivity index (χ1v) is 7.16. The Bertz CT molecular complexity index is 354. The van der Waals surface area contributed by atoms with Crippen LogP contribution < -0.4 is 5.32 Å². The van der Waals surface area contributed by atoms with Crippen molar-refractivity contribution >= 4 is 34.5 Å². The lowest BCUT2D eigenvalue weighted by Crippen LogP contribution is -2.36. The van der Waals surface area contributed by atoms with Gasteiger partial charge in [-0.3, -0.25) is 4.90 Å². The average Bonchev–Trinajstić information content (AvgIpc) is 2.82. The Morgan fingerprint density at radius 1 is 1.56 bits per heavy atom. The summed E-state index contributed by atoms with van der Waals surface area (Å²) >= 11 is 13.6. The van der Waals surface area contributed by atoms with E-state index >= 15 is 0 Å². The standard InChI is InChI=1S/C11H16Cl2N2S/c1-14-5-9-3-2-4-15(9)6-8-7-16-11(13)10(8)12/h7,9,14H,2-6H2,1H3. The molecule has 0 amide bonds. The van der Waals surface area contributed by atoms with Gasteiger partial charge in [-0.1, -0.05) is 23.2 Å². The molecule has 2 rings (SSSR count). The van der Waals surface area contributed by atoms with E-state index in [1.807, 2.05) is 7.05 Å². The van der Waals surface area contributed by atoms with Gasteiger partial charge >= 0.3 is 0 Å². The summed E-state index contributed by atoms with van der Waals surface area (Å²) in [5.74, 6) is 0. The molecule has 2 heterocycles. The van der Waals surface area contributed by atoms with Crippen LogP contribution in [0.4, 0.5) is 0 Å². The van der Waals surface area contributed by atoms with Gasteiger partial charge in [-0.25, -0.2) is 0 Å². The van der Waals surface area contributed by atoms with Gasteiger partial charge in [0.05, 0.1) is 5.02 Å². The van der Waals surface area contributed by atoms with Gasteiger partial charge in [-0.2, -0.15) is 0 Å². The predicted molar refractivity (Wildman–Crippen MR) is 71.7 cm³/mol. The van der Waals surface area contributed by atoms with Crippen molar-refractivity contribution in [3.63, 3.8) is 0 Å². The maximum Gasteiger partial charge on any atom is 0.112 e. The van der Waals surface area contributed by atoms with Gasteiger partial charge in [-0.05, 0) is 37.4 Å². The van der Waals surface area contributed by atoms with Crippen molar-refractivity contribution in [3.8, 4) is 0 Å². The summed E-state index contributed by atoms with van der Waals surface area (Å²) in [5.41, 5.74) is 1.17. The van der Waals surface area contributed by atoms with E-state index in [9.17, 15) is 0 Å². The Balaban J connectivity index is 2.01. The van der Waals surface area contributed by atoms with Crippen LogP contribution in [0.5, 0.6) is 0 Å². The number of rotatable bonds is 4. The molecule has 16 heavy (non-hydrogen) atoms. The van der Waals surface area contributed by atoms with Gasteiger partial charge in [0.15, 0.2) is 0 Å². The molecule has 1 saturated heterocycles. The summed E-state index contributed by atoms with van der Waals surface area (Å²) < 4.78 is 0.709. The molecule has 5 heteroatoms. The van der Waals surface area contributed by atoms with Crippen molar-refractivity contribution < 1.29 is 0 Å². The van der Waals surface area contributed by atoms with Crippen molar-refractivity contribution in [2.45, 2.75) is 25.4 Å². The van der Waals surface area contributed by atoms with E-state index in [1.165, 1.54) is 29.7 Å². The second-order valence-corrected chi connectivity index (χ2v) is 6.03. The van der Waals surface area contributed by atoms with Crippen molar-refractivity contribution in [2.75, 3.05) is 20.1 Å². The van der Waals surface area contributed by atoms with Crippen molar-refractivity contribution in [3.05, 3.63) is 20.3 Å². The average molecular weight is 279 g/mol. The molecule has 1 fully saturated rings. The monoisotopic (exact) mass is 278 g/mol. The molecular formula is C11H16Cl2N2S. The van der Waals surface area contributed by atoms with Crippen LogP contribution in [0.1, 0.15) is 18.4 Å². The highest BCUT2D eigenvalue weighted by Crippen LogP contribution is 2.34. The van der Waals surface area contributed by atoms with Gasteiger partial charge in [0.1, 0.15) is 4.34 Å². The van der Waals surface area contributed by atoms with E-state index in [1.54, 1.807) is 0 Å². The molecule has 0 spiro atoms. The summed E-state index contributed by atoms with van der Waals surface area (Å²) in [4.78, 5) is 2.49. The lowest BCUT2D eigenvalue weighted by Gasteiger charge is -2.23. The molecule has 0 saturated carbocycles. The smallest absolute Gasteiger partial charge is 0.112 e. The summed E-state index contributed by atoms with van der Waals surface area (Å²) in [6.45, 7) is 3.14. The molecule has 1 unspecified atom stereocenters. The van der Waals surface area contributed by atoms with Gasteiger partial charge in [0.25, 0.3) is 0 Å². The fourth-order valence-corrected chi connectivity index (χ4v) is 3.49. The number of hydrogen-bond donors (Lipinski definition) is 1. The van der Waals surface area contributed by atoms with E-state index in [-0.39, 0.29) is 0 Å². The second-order valence-electron chi connectivity index (χ2n) is 4.17. The van der Waals surface area contributed by atoms with Crippen LogP contribution >= 0.6 is 34.5 Å². The van der Waals surface area contributed by atoms with Crippen LogP contribution in [-0.4, -0.2) is 31.1 Å². The Morgan fingerprint density at radius 2 is 2.38 bits per heavy atom. The molecule has 1 N–H and O–H groups in total. The highest BCUT2D eigenvalue weighted by atomic mass is 35.5. The molecule has 0 bridgehead atoms. The number of likely N-dealkylation sites (tertiary alicyclic amines) is 1. The normalized spacial score (nSPS) is 21.8. The number of thiophene rings is 1. The van der Waals surface area contributed by atoms with Crippen LogP contribution in [0.15, 0.2) is 5.38 Å². The zero-order valence-electron chi connectivity index (χ0n) is 9.30. The zero-order chi connectivity index (χ0) is 11.5. The van der Waals surface area contributed by atoms with E-state index in [2.05, 4.69) is 15.6 Å². The first kappa shape index (κ1) is 12.7. The van der Waals surface area contributed by atoms with Crippen LogP contribution in [0.2, 0.25) is 9.36 Å². The van der Waals surface area contributed by atoms with Crippen LogP contribution in [0.3, 0.4) is 0 Å². The van der Waals surface area contributed by atoms with Crippen LogP contribution in [0.25, 0.3) is 0 Å². The molecule has 1 aliphatic heterocycles. The first-order chi connectivity index (χ1) is 7.72. The quantitative estimate of drug-likeness (QED) is 0.910. The Labute approximate surface area is 111 Å². The lowest BCUT2D eigenvalue weighted by molar-refractivity contribution is 0.242. The molecular weight excluding hydrogens is 263 g/mol. The van der Waals surface area contributed by atoms with Crippen molar-refractivity contribution in [1.82, 2.24) is 10.2 Å². The fraction of sp³-hybridized carbons (Fsp3) is 0.636. The zero-order valence-corrected chi connectivity index (χ0v) is 11.6. The summed E-state index contributed by atoms with van der Waals surface area (Å²) in [7, 11) is 2.00. The molecule has 0 radical (unpaired) electrons. The largest absolute Gasteiger partial charge is 0.318 e. The number of likely N-dealkylation sites (N-methyl/N-ethyl adjacent to an activating group) is 1. The molecule has 90 valence electrons. The molecule has 0 aromatic carbocycles. The fourth-order valence-electron chi connectivity index (χ4n) is 2.25. The van der Waals surface area contributed by atoms with E-state index in [0.29, 0.717) is 10.4 Å².